The number of hydrogen-bond acceptors (Lipinski definition) is 5. The van der Waals surface area contributed by atoms with E-state index in [1.807, 2.05) is 49.8 Å². The van der Waals surface area contributed by atoms with Gasteiger partial charge >= 0.3 is 0 Å². The summed E-state index contributed by atoms with van der Waals surface area (Å²) < 4.78 is 0. The number of allylic oxidation sites excluding steroid dienone is 5. The lowest BCUT2D eigenvalue weighted by Gasteiger charge is -2.23. The topological polar surface area (TPSA) is 95.2 Å². The van der Waals surface area contributed by atoms with E-state index in [0.29, 0.717) is 0 Å². The Balaban J connectivity index is 1.30. The Morgan fingerprint density at radius 3 is 2.66 bits per heavy atom. The van der Waals surface area contributed by atoms with E-state index >= 15 is 0 Å². The maximum atomic E-state index is 4.75. The van der Waals surface area contributed by atoms with Crippen LogP contribution in [0.25, 0.3) is 50.0 Å². The highest BCUT2D eigenvalue weighted by Crippen LogP contribution is 2.33. The van der Waals surface area contributed by atoms with Crippen molar-refractivity contribution >= 4 is 27.4 Å². The van der Waals surface area contributed by atoms with Gasteiger partial charge in [-0.1, -0.05) is 51.3 Å². The smallest absolute Gasteiger partial charge is 0.116 e. The average molecular weight is 542 g/mol. The largest absolute Gasteiger partial charge is 0.359 e. The molecule has 5 aromatic rings. The summed E-state index contributed by atoms with van der Waals surface area (Å²) in [5.41, 5.74) is 9.27. The highest BCUT2D eigenvalue weighted by Gasteiger charge is 2.17. The molecule has 0 aromatic carbocycles. The average Bonchev–Trinajstić information content (AvgIpc) is 3.64. The molecule has 0 aliphatic heterocycles. The minimum absolute atomic E-state index is 0.723. The van der Waals surface area contributed by atoms with Crippen molar-refractivity contribution in [3.63, 3.8) is 0 Å². The number of nitrogens with zero attached hydrogens (tertiary/aromatic N) is 4. The van der Waals surface area contributed by atoms with Gasteiger partial charge in [-0.2, -0.15) is 5.10 Å². The number of pyridine rings is 3. The number of aromatic nitrogens is 6. The van der Waals surface area contributed by atoms with Crippen LogP contribution < -0.4 is 5.32 Å². The van der Waals surface area contributed by atoms with Crippen molar-refractivity contribution < 1.29 is 0 Å². The molecule has 0 atom stereocenters. The van der Waals surface area contributed by atoms with Gasteiger partial charge in [0, 0.05) is 51.8 Å². The van der Waals surface area contributed by atoms with E-state index in [4.69, 9.17) is 4.98 Å². The van der Waals surface area contributed by atoms with Gasteiger partial charge in [-0.25, -0.2) is 0 Å². The normalized spacial score (nSPS) is 15.0. The molecule has 0 radical (unpaired) electrons. The highest BCUT2D eigenvalue weighted by atomic mass is 15.1. The Labute approximate surface area is 240 Å². The second-order valence-corrected chi connectivity index (χ2v) is 10.7. The SMILES string of the molecule is C=C/C(=C\C(=C/C)c1cc2c(-c3cc4c(-c5cccnc5)nccc4[nH]3)n[nH]c2cn1)NC(=C)CC1CCCCC1. The summed E-state index contributed by atoms with van der Waals surface area (Å²) in [7, 11) is 0. The van der Waals surface area contributed by atoms with Crippen LogP contribution in [0.4, 0.5) is 0 Å². The van der Waals surface area contributed by atoms with E-state index in [2.05, 4.69) is 67.9 Å². The molecule has 1 aliphatic carbocycles. The van der Waals surface area contributed by atoms with Crippen LogP contribution in [-0.2, 0) is 0 Å². The summed E-state index contributed by atoms with van der Waals surface area (Å²) in [5, 5.41) is 13.3. The Morgan fingerprint density at radius 1 is 1.02 bits per heavy atom. The zero-order chi connectivity index (χ0) is 28.2. The summed E-state index contributed by atoms with van der Waals surface area (Å²) in [5.74, 6) is 0.723. The van der Waals surface area contributed by atoms with Crippen molar-refractivity contribution in [2.24, 2.45) is 5.92 Å². The first-order valence-electron chi connectivity index (χ1n) is 14.3. The third kappa shape index (κ3) is 5.61. The van der Waals surface area contributed by atoms with Gasteiger partial charge in [-0.05, 0) is 67.3 Å². The lowest BCUT2D eigenvalue weighted by molar-refractivity contribution is 0.353. The van der Waals surface area contributed by atoms with Crippen LogP contribution in [0.5, 0.6) is 0 Å². The third-order valence-electron chi connectivity index (χ3n) is 7.90. The molecule has 1 saturated carbocycles. The lowest BCUT2D eigenvalue weighted by atomic mass is 9.86. The fraction of sp³-hybridized carbons (Fsp3) is 0.235. The molecule has 206 valence electrons. The quantitative estimate of drug-likeness (QED) is 0.164. The maximum absolute atomic E-state index is 4.75. The minimum Gasteiger partial charge on any atom is -0.359 e. The van der Waals surface area contributed by atoms with Crippen LogP contribution in [0.3, 0.4) is 0 Å². The fourth-order valence-electron chi connectivity index (χ4n) is 5.81. The molecule has 1 fully saturated rings. The van der Waals surface area contributed by atoms with Crippen LogP contribution in [0.15, 0.2) is 97.9 Å². The zero-order valence-corrected chi connectivity index (χ0v) is 23.5. The predicted molar refractivity (Wildman–Crippen MR) is 168 cm³/mol. The van der Waals surface area contributed by atoms with Gasteiger partial charge in [0.1, 0.15) is 5.69 Å². The molecule has 7 nitrogen and oxygen atoms in total. The van der Waals surface area contributed by atoms with E-state index in [9.17, 15) is 0 Å². The minimum atomic E-state index is 0.723. The molecule has 6 rings (SSSR count). The Bertz CT molecular complexity index is 1770. The number of fused-ring (bicyclic) bond motifs is 2. The first kappa shape index (κ1) is 26.4. The van der Waals surface area contributed by atoms with Gasteiger partial charge in [0.25, 0.3) is 0 Å². The zero-order valence-electron chi connectivity index (χ0n) is 23.5. The van der Waals surface area contributed by atoms with Crippen molar-refractivity contribution in [3.8, 4) is 22.6 Å². The Morgan fingerprint density at radius 2 is 1.88 bits per heavy atom. The van der Waals surface area contributed by atoms with Gasteiger partial charge in [-0.3, -0.25) is 20.1 Å². The van der Waals surface area contributed by atoms with E-state index in [1.165, 1.54) is 32.1 Å². The number of rotatable bonds is 9. The molecule has 41 heavy (non-hydrogen) atoms. The van der Waals surface area contributed by atoms with E-state index in [0.717, 1.165) is 79.5 Å². The Hall–Kier alpha value is -4.78. The van der Waals surface area contributed by atoms with E-state index < -0.39 is 0 Å². The standard InChI is InChI=1S/C34H35N7/c1-4-24(17-26(5-2)38-22(3)16-23-10-7-6-8-11-23)30-18-28-32(21-37-30)40-41-34(28)31-19-27-29(39-31)13-15-36-33(27)25-12-9-14-35-20-25/h4-5,9,12-15,17-21,23,38-39H,2-3,6-8,10-11,16H2,1H3,(H,40,41)/b24-4+,26-17+. The molecule has 5 heterocycles. The van der Waals surface area contributed by atoms with Crippen molar-refractivity contribution in [1.82, 2.24) is 35.5 Å². The van der Waals surface area contributed by atoms with Crippen LogP contribution in [-0.4, -0.2) is 30.1 Å². The monoisotopic (exact) mass is 541 g/mol. The number of hydrogen-bond donors (Lipinski definition) is 3. The van der Waals surface area contributed by atoms with Gasteiger partial charge in [0.2, 0.25) is 0 Å². The molecule has 7 heteroatoms. The van der Waals surface area contributed by atoms with Crippen LogP contribution in [0.1, 0.15) is 51.1 Å². The molecule has 0 bridgehead atoms. The second-order valence-electron chi connectivity index (χ2n) is 10.7. The van der Waals surface area contributed by atoms with Gasteiger partial charge in [-0.15, -0.1) is 0 Å². The molecule has 0 saturated heterocycles. The predicted octanol–water partition coefficient (Wildman–Crippen LogP) is 8.11. The molecule has 1 aliphatic rings. The highest BCUT2D eigenvalue weighted by molar-refractivity contribution is 6.00. The number of nitrogens with one attached hydrogen (secondary N) is 3. The number of H-pyrrole nitrogens is 2. The Kier molecular flexibility index (Phi) is 7.58. The summed E-state index contributed by atoms with van der Waals surface area (Å²) in [6, 6.07) is 10.1. The summed E-state index contributed by atoms with van der Waals surface area (Å²) in [6.45, 7) is 10.4. The van der Waals surface area contributed by atoms with Crippen molar-refractivity contribution in [1.29, 1.82) is 0 Å². The molecular formula is C34H35N7. The van der Waals surface area contributed by atoms with Crippen LogP contribution in [0, 0.1) is 5.92 Å². The molecule has 0 spiro atoms. The van der Waals surface area contributed by atoms with E-state index in [-0.39, 0.29) is 0 Å². The summed E-state index contributed by atoms with van der Waals surface area (Å²) >= 11 is 0. The second kappa shape index (κ2) is 11.8. The first-order valence-corrected chi connectivity index (χ1v) is 14.3. The van der Waals surface area contributed by atoms with Gasteiger partial charge in [0.15, 0.2) is 0 Å². The molecule has 0 unspecified atom stereocenters. The van der Waals surface area contributed by atoms with Crippen LogP contribution >= 0.6 is 0 Å². The molecule has 3 N–H and O–H groups in total. The molecule has 0 amide bonds. The molecule has 5 aromatic heterocycles. The molecular weight excluding hydrogens is 506 g/mol. The van der Waals surface area contributed by atoms with Gasteiger partial charge in [0.05, 0.1) is 28.8 Å². The van der Waals surface area contributed by atoms with Crippen LogP contribution in [0.2, 0.25) is 0 Å². The summed E-state index contributed by atoms with van der Waals surface area (Å²) in [4.78, 5) is 17.2. The number of aromatic amines is 2. The van der Waals surface area contributed by atoms with E-state index in [1.54, 1.807) is 6.20 Å². The van der Waals surface area contributed by atoms with Gasteiger partial charge < -0.3 is 10.3 Å². The first-order chi connectivity index (χ1) is 20.1. The van der Waals surface area contributed by atoms with Crippen molar-refractivity contribution in [2.45, 2.75) is 45.4 Å². The lowest BCUT2D eigenvalue weighted by Crippen LogP contribution is -2.16. The fourth-order valence-corrected chi connectivity index (χ4v) is 5.81. The van der Waals surface area contributed by atoms with Crippen molar-refractivity contribution in [3.05, 3.63) is 104 Å². The van der Waals surface area contributed by atoms with Crippen molar-refractivity contribution in [2.75, 3.05) is 0 Å². The maximum Gasteiger partial charge on any atom is 0.116 e. The third-order valence-corrected chi connectivity index (χ3v) is 7.90. The summed E-state index contributed by atoms with van der Waals surface area (Å²) in [6.07, 6.45) is 20.9.